The first-order valence-electron chi connectivity index (χ1n) is 27.0. The molecule has 6 aromatic rings. The van der Waals surface area contributed by atoms with Crippen LogP contribution in [-0.4, -0.2) is 124 Å². The zero-order valence-electron chi connectivity index (χ0n) is 45.9. The largest absolute Gasteiger partial charge is 0.368 e. The van der Waals surface area contributed by atoms with Gasteiger partial charge in [-0.05, 0) is 95.4 Å². The topological polar surface area (TPSA) is 328 Å². The Balaban J connectivity index is 1.26. The van der Waals surface area contributed by atoms with E-state index < -0.39 is 107 Å². The van der Waals surface area contributed by atoms with E-state index in [1.807, 2.05) is 66.7 Å². The van der Waals surface area contributed by atoms with E-state index in [9.17, 15) is 42.7 Å². The minimum absolute atomic E-state index is 0.00812. The smallest absolute Gasteiger partial charge is 0.244 e. The number of H-pyrrole nitrogens is 1. The molecule has 0 aliphatic carbocycles. The van der Waals surface area contributed by atoms with Crippen molar-refractivity contribution in [1.29, 1.82) is 0 Å². The Hall–Kier alpha value is -7.86. The van der Waals surface area contributed by atoms with Crippen LogP contribution in [0, 0.1) is 11.2 Å². The van der Waals surface area contributed by atoms with Crippen molar-refractivity contribution >= 4 is 90.5 Å². The van der Waals surface area contributed by atoms with E-state index in [0.717, 1.165) is 43.3 Å². The van der Waals surface area contributed by atoms with Crippen molar-refractivity contribution in [2.45, 2.75) is 114 Å². The number of pyridine rings is 1. The van der Waals surface area contributed by atoms with Crippen LogP contribution < -0.4 is 54.4 Å². The van der Waals surface area contributed by atoms with Crippen molar-refractivity contribution in [3.8, 4) is 0 Å². The summed E-state index contributed by atoms with van der Waals surface area (Å²) in [6.45, 7) is 5.42. The number of primary amides is 1. The number of nitrogens with two attached hydrogens (primary N) is 3. The van der Waals surface area contributed by atoms with Gasteiger partial charge in [-0.2, -0.15) is 0 Å². The molecule has 0 radical (unpaired) electrons. The maximum atomic E-state index is 14.9. The van der Waals surface area contributed by atoms with Crippen molar-refractivity contribution in [1.82, 2.24) is 47.2 Å². The summed E-state index contributed by atoms with van der Waals surface area (Å²) < 4.78 is 13.8. The van der Waals surface area contributed by atoms with E-state index in [2.05, 4.69) is 47.2 Å². The second-order valence-corrected chi connectivity index (χ2v) is 23.9. The van der Waals surface area contributed by atoms with Gasteiger partial charge in [0.1, 0.15) is 48.1 Å². The molecule has 0 bridgehead atoms. The lowest BCUT2D eigenvalue weighted by Gasteiger charge is -2.33. The molecule has 4 unspecified atom stereocenters. The SMILES string of the molecule is CC(C)(C)C1NC(=O)[C@H](CCCCN)NC(=O)C(Cc2c[nH]c3ccccc23)NC(=O)[C@H](Cc2ccccn2)NC(=O)C(NC(=O)[C@@H](N)Cc2ccc(F)cc2)CSSCC(C(=O)N[C@@H](Cc2ccc3ccccc3c2)C(N)=O)NC1=O. The van der Waals surface area contributed by atoms with E-state index in [1.54, 1.807) is 45.2 Å². The van der Waals surface area contributed by atoms with Gasteiger partial charge in [0.25, 0.3) is 0 Å². The molecule has 14 N–H and O–H groups in total. The number of hydrogen-bond acceptors (Lipinski definition) is 13. The first kappa shape index (κ1) is 61.8. The summed E-state index contributed by atoms with van der Waals surface area (Å²) >= 11 is 0. The molecular weight excluding hydrogens is 1090 g/mol. The molecule has 1 saturated heterocycles. The highest BCUT2D eigenvalue weighted by atomic mass is 33.1. The average Bonchev–Trinajstić information content (AvgIpc) is 3.90. The van der Waals surface area contributed by atoms with Crippen molar-refractivity contribution in [3.05, 3.63) is 150 Å². The summed E-state index contributed by atoms with van der Waals surface area (Å²) in [6.07, 6.45) is 3.88. The van der Waals surface area contributed by atoms with Crippen LogP contribution in [0.4, 0.5) is 4.39 Å². The third-order valence-corrected chi connectivity index (χ3v) is 16.4. The number of nitrogens with one attached hydrogen (secondary N) is 8. The molecular formula is C59H71FN12O8S2. The maximum Gasteiger partial charge on any atom is 0.244 e. The number of halogens is 1. The predicted octanol–water partition coefficient (Wildman–Crippen LogP) is 2.90. The van der Waals surface area contributed by atoms with Crippen molar-refractivity contribution in [3.63, 3.8) is 0 Å². The first-order valence-corrected chi connectivity index (χ1v) is 29.5. The number of para-hydroxylation sites is 1. The van der Waals surface area contributed by atoms with E-state index in [1.165, 1.54) is 30.5 Å². The lowest BCUT2D eigenvalue weighted by molar-refractivity contribution is -0.136. The Morgan fingerprint density at radius 1 is 0.707 bits per heavy atom. The highest BCUT2D eigenvalue weighted by Crippen LogP contribution is 2.26. The lowest BCUT2D eigenvalue weighted by Crippen LogP contribution is -2.63. The summed E-state index contributed by atoms with van der Waals surface area (Å²) in [4.78, 5) is 123. The molecule has 0 saturated carbocycles. The molecule has 1 fully saturated rings. The summed E-state index contributed by atoms with van der Waals surface area (Å²) in [5.41, 5.74) is 20.2. The van der Waals surface area contributed by atoms with Crippen LogP contribution in [0.25, 0.3) is 21.7 Å². The number of fused-ring (bicyclic) bond motifs is 2. The van der Waals surface area contributed by atoms with Crippen LogP contribution >= 0.6 is 21.6 Å². The van der Waals surface area contributed by atoms with Crippen LogP contribution in [-0.2, 0) is 64.0 Å². The van der Waals surface area contributed by atoms with Crippen molar-refractivity contribution in [2.24, 2.45) is 22.6 Å². The van der Waals surface area contributed by atoms with Gasteiger partial charge in [-0.1, -0.05) is 121 Å². The summed E-state index contributed by atoms with van der Waals surface area (Å²) in [7, 11) is 2.08. The number of benzene rings is 4. The van der Waals surface area contributed by atoms with Crippen LogP contribution in [0.3, 0.4) is 0 Å². The third kappa shape index (κ3) is 17.6. The number of aromatic amines is 1. The number of amides is 8. The molecule has 434 valence electrons. The van der Waals surface area contributed by atoms with Crippen LogP contribution in [0.5, 0.6) is 0 Å². The van der Waals surface area contributed by atoms with Crippen LogP contribution in [0.2, 0.25) is 0 Å². The van der Waals surface area contributed by atoms with Gasteiger partial charge in [-0.3, -0.25) is 43.3 Å². The lowest BCUT2D eigenvalue weighted by atomic mass is 9.85. The Morgan fingerprint density at radius 3 is 2.06 bits per heavy atom. The van der Waals surface area contributed by atoms with Gasteiger partial charge in [-0.25, -0.2) is 4.39 Å². The molecule has 3 heterocycles. The Kier molecular flexibility index (Phi) is 22.0. The van der Waals surface area contributed by atoms with E-state index in [4.69, 9.17) is 17.2 Å². The Labute approximate surface area is 482 Å². The second-order valence-electron chi connectivity index (χ2n) is 21.3. The van der Waals surface area contributed by atoms with E-state index in [-0.39, 0.29) is 50.2 Å². The molecule has 20 nitrogen and oxygen atoms in total. The zero-order valence-corrected chi connectivity index (χ0v) is 47.5. The van der Waals surface area contributed by atoms with E-state index in [0.29, 0.717) is 35.2 Å². The summed E-state index contributed by atoms with van der Waals surface area (Å²) in [5.74, 6) is -7.17. The number of carbonyl (C=O) groups excluding carboxylic acids is 8. The highest BCUT2D eigenvalue weighted by molar-refractivity contribution is 8.76. The summed E-state index contributed by atoms with van der Waals surface area (Å²) in [6, 6.07) is 20.4. The van der Waals surface area contributed by atoms with Gasteiger partial charge in [0, 0.05) is 59.8 Å². The third-order valence-electron chi connectivity index (χ3n) is 13.9. The fourth-order valence-electron chi connectivity index (χ4n) is 9.36. The van der Waals surface area contributed by atoms with Gasteiger partial charge in [-0.15, -0.1) is 0 Å². The molecule has 82 heavy (non-hydrogen) atoms. The van der Waals surface area contributed by atoms with Gasteiger partial charge in [0.05, 0.1) is 6.04 Å². The highest BCUT2D eigenvalue weighted by Gasteiger charge is 2.39. The molecule has 0 spiro atoms. The first-order chi connectivity index (χ1) is 39.3. The molecule has 23 heteroatoms. The molecule has 8 atom stereocenters. The van der Waals surface area contributed by atoms with Gasteiger partial charge < -0.3 is 59.4 Å². The molecule has 7 rings (SSSR count). The standard InChI is InChI=1S/C59H71FN12O8S2/c1-59(2,3)50-58(80)71-49(56(78)67-45(51(63)73)28-35-18-21-36-12-4-5-13-37(36)26-35)33-82-81-32-48(70-52(74)42(62)27-34-19-22-39(60)23-20-34)57(79)69-47(30-40-14-9-11-25-64-40)55(77)68-46(29-38-31-65-43-16-7-6-15-41(38)43)54(76)66-44(53(75)72-50)17-8-10-24-61/h4-7,9,11-16,18-23,25-26,31,42,44-50,65H,8,10,17,24,27-30,32-33,61-62H2,1-3H3,(H2,63,73)(H,66,76)(H,67,78)(H,68,77)(H,69,79)(H,70,74)(H,71,80)(H,72,75)/t42-,44-,45-,46?,47-,48?,49?,50?/m0/s1. The predicted molar refractivity (Wildman–Crippen MR) is 316 cm³/mol. The number of unbranched alkanes of at least 4 members (excludes halogenated alkanes) is 1. The quantitative estimate of drug-likeness (QED) is 0.0463. The van der Waals surface area contributed by atoms with Gasteiger partial charge >= 0.3 is 0 Å². The van der Waals surface area contributed by atoms with Crippen LogP contribution in [0.15, 0.2) is 122 Å². The molecule has 8 amide bonds. The number of hydrogen-bond donors (Lipinski definition) is 11. The van der Waals surface area contributed by atoms with Gasteiger partial charge in [0.15, 0.2) is 0 Å². The van der Waals surface area contributed by atoms with Crippen LogP contribution in [0.1, 0.15) is 62.4 Å². The van der Waals surface area contributed by atoms with Crippen molar-refractivity contribution in [2.75, 3.05) is 18.1 Å². The summed E-state index contributed by atoms with van der Waals surface area (Å²) in [5, 5.41) is 22.2. The molecule has 2 aromatic heterocycles. The zero-order chi connectivity index (χ0) is 58.9. The normalized spacial score (nSPS) is 20.7. The maximum absolute atomic E-state index is 14.9. The average molecular weight is 1160 g/mol. The van der Waals surface area contributed by atoms with E-state index >= 15 is 0 Å². The Bertz CT molecular complexity index is 3220. The number of rotatable bonds is 17. The Morgan fingerprint density at radius 2 is 1.35 bits per heavy atom. The number of nitrogens with zero attached hydrogens (tertiary/aromatic N) is 1. The fourth-order valence-corrected chi connectivity index (χ4v) is 11.7. The number of aromatic nitrogens is 2. The minimum Gasteiger partial charge on any atom is -0.368 e. The van der Waals surface area contributed by atoms with Crippen molar-refractivity contribution < 1.29 is 42.7 Å². The fraction of sp³-hybridized carbons (Fsp3) is 0.373. The van der Waals surface area contributed by atoms with Gasteiger partial charge in [0.2, 0.25) is 47.3 Å². The number of carbonyl (C=O) groups is 8. The minimum atomic E-state index is -1.41. The second kappa shape index (κ2) is 29.2. The molecule has 1 aliphatic rings. The molecule has 1 aliphatic heterocycles. The molecule has 4 aromatic carbocycles. The monoisotopic (exact) mass is 1160 g/mol.